The number of piperidine rings is 1. The van der Waals surface area contributed by atoms with Gasteiger partial charge in [-0.2, -0.15) is 0 Å². The summed E-state index contributed by atoms with van der Waals surface area (Å²) in [5, 5.41) is 1.32. The number of aryl methyl sites for hydroxylation is 1. The molecule has 1 aliphatic heterocycles. The van der Waals surface area contributed by atoms with Crippen molar-refractivity contribution in [3.63, 3.8) is 0 Å². The predicted octanol–water partition coefficient (Wildman–Crippen LogP) is 3.15. The van der Waals surface area contributed by atoms with Crippen LogP contribution in [0.1, 0.15) is 24.3 Å². The third-order valence-corrected chi connectivity index (χ3v) is 4.42. The van der Waals surface area contributed by atoms with Gasteiger partial charge in [0.25, 0.3) is 0 Å². The van der Waals surface area contributed by atoms with Gasteiger partial charge in [0, 0.05) is 18.6 Å². The fourth-order valence-corrected chi connectivity index (χ4v) is 3.20. The van der Waals surface area contributed by atoms with E-state index >= 15 is 0 Å². The molecule has 0 aromatic carbocycles. The second-order valence-electron chi connectivity index (χ2n) is 5.28. The van der Waals surface area contributed by atoms with Gasteiger partial charge in [0.15, 0.2) is 0 Å². The number of pyridine rings is 1. The largest absolute Gasteiger partial charge is 0.335 e. The summed E-state index contributed by atoms with van der Waals surface area (Å²) < 4.78 is 3.06. The zero-order valence-corrected chi connectivity index (χ0v) is 12.4. The first-order valence-corrected chi connectivity index (χ1v) is 7.24. The van der Waals surface area contributed by atoms with Crippen LogP contribution in [0.25, 0.3) is 11.0 Å². The number of rotatable bonds is 1. The molecule has 0 N–H and O–H groups in total. The molecule has 1 fully saturated rings. The van der Waals surface area contributed by atoms with E-state index < -0.39 is 0 Å². The van der Waals surface area contributed by atoms with Gasteiger partial charge in [0.2, 0.25) is 0 Å². The first-order valence-electron chi connectivity index (χ1n) is 6.45. The minimum absolute atomic E-state index is 0.688. The molecular weight excluding hydrogens is 290 g/mol. The molecule has 18 heavy (non-hydrogen) atoms. The van der Waals surface area contributed by atoms with Crippen LogP contribution in [-0.2, 0) is 7.05 Å². The van der Waals surface area contributed by atoms with E-state index in [9.17, 15) is 0 Å². The maximum Gasteiger partial charge on any atom is 0.141 e. The van der Waals surface area contributed by atoms with Gasteiger partial charge in [-0.3, -0.25) is 0 Å². The van der Waals surface area contributed by atoms with Gasteiger partial charge in [-0.1, -0.05) is 0 Å². The molecule has 3 nitrogen and oxygen atoms in total. The summed E-state index contributed by atoms with van der Waals surface area (Å²) >= 11 is 3.45. The first-order chi connectivity index (χ1) is 8.65. The van der Waals surface area contributed by atoms with Crippen LogP contribution in [0.2, 0.25) is 0 Å². The average molecular weight is 308 g/mol. The highest BCUT2D eigenvalue weighted by molar-refractivity contribution is 9.10. The highest BCUT2D eigenvalue weighted by atomic mass is 79.9. The molecule has 3 heterocycles. The van der Waals surface area contributed by atoms with Crippen molar-refractivity contribution in [2.45, 2.75) is 18.8 Å². The van der Waals surface area contributed by atoms with E-state index in [0.29, 0.717) is 5.92 Å². The Kier molecular flexibility index (Phi) is 3.16. The molecule has 0 amide bonds. The minimum Gasteiger partial charge on any atom is -0.335 e. The number of likely N-dealkylation sites (tertiary alicyclic amines) is 1. The number of halogens is 1. The Morgan fingerprint density at radius 1 is 1.22 bits per heavy atom. The fourth-order valence-electron chi connectivity index (χ4n) is 2.90. The van der Waals surface area contributed by atoms with Gasteiger partial charge in [-0.25, -0.2) is 4.98 Å². The maximum atomic E-state index is 4.57. The summed E-state index contributed by atoms with van der Waals surface area (Å²) in [6, 6.07) is 4.24. The minimum atomic E-state index is 0.688. The standard InChI is InChI=1S/C14H18BrN3/c1-17-7-5-10(6-8-17)12-9-18(2)14-11(12)3-4-13(15)16-14/h3-4,9-10H,5-8H2,1-2H3. The highest BCUT2D eigenvalue weighted by Crippen LogP contribution is 2.33. The Bertz CT molecular complexity index is 568. The molecule has 0 saturated carbocycles. The van der Waals surface area contributed by atoms with Crippen LogP contribution in [0.5, 0.6) is 0 Å². The van der Waals surface area contributed by atoms with Crippen molar-refractivity contribution < 1.29 is 0 Å². The van der Waals surface area contributed by atoms with E-state index in [1.807, 2.05) is 6.07 Å². The molecule has 2 aromatic heterocycles. The zero-order valence-electron chi connectivity index (χ0n) is 10.9. The summed E-state index contributed by atoms with van der Waals surface area (Å²) in [6.45, 7) is 2.40. The zero-order chi connectivity index (χ0) is 12.7. The number of hydrogen-bond acceptors (Lipinski definition) is 2. The van der Waals surface area contributed by atoms with Crippen LogP contribution in [0.4, 0.5) is 0 Å². The van der Waals surface area contributed by atoms with Crippen LogP contribution in [0.15, 0.2) is 22.9 Å². The van der Waals surface area contributed by atoms with Crippen LogP contribution >= 0.6 is 15.9 Å². The summed E-state index contributed by atoms with van der Waals surface area (Å²) in [7, 11) is 4.29. The quantitative estimate of drug-likeness (QED) is 0.755. The van der Waals surface area contributed by atoms with Crippen LogP contribution < -0.4 is 0 Å². The van der Waals surface area contributed by atoms with Crippen molar-refractivity contribution in [1.82, 2.24) is 14.5 Å². The fraction of sp³-hybridized carbons (Fsp3) is 0.500. The third-order valence-electron chi connectivity index (χ3n) is 3.98. The molecule has 3 rings (SSSR count). The van der Waals surface area contributed by atoms with Crippen molar-refractivity contribution in [3.8, 4) is 0 Å². The van der Waals surface area contributed by atoms with Crippen molar-refractivity contribution >= 4 is 27.0 Å². The Morgan fingerprint density at radius 3 is 2.67 bits per heavy atom. The normalized spacial score (nSPS) is 18.6. The molecule has 0 unspecified atom stereocenters. The SMILES string of the molecule is CN1CCC(c2cn(C)c3nc(Br)ccc23)CC1. The van der Waals surface area contributed by atoms with Gasteiger partial charge < -0.3 is 9.47 Å². The smallest absolute Gasteiger partial charge is 0.141 e. The second-order valence-corrected chi connectivity index (χ2v) is 6.09. The average Bonchev–Trinajstić information content (AvgIpc) is 2.68. The van der Waals surface area contributed by atoms with E-state index in [2.05, 4.69) is 56.7 Å². The van der Waals surface area contributed by atoms with E-state index in [4.69, 9.17) is 0 Å². The summed E-state index contributed by atoms with van der Waals surface area (Å²) in [5.41, 5.74) is 2.55. The summed E-state index contributed by atoms with van der Waals surface area (Å²) in [5.74, 6) is 0.688. The highest BCUT2D eigenvalue weighted by Gasteiger charge is 2.22. The maximum absolute atomic E-state index is 4.57. The van der Waals surface area contributed by atoms with Gasteiger partial charge in [0.05, 0.1) is 0 Å². The lowest BCUT2D eigenvalue weighted by molar-refractivity contribution is 0.256. The van der Waals surface area contributed by atoms with Gasteiger partial charge in [-0.15, -0.1) is 0 Å². The molecule has 0 spiro atoms. The molecule has 96 valence electrons. The molecule has 0 aliphatic carbocycles. The molecule has 2 aromatic rings. The number of aromatic nitrogens is 2. The Hall–Kier alpha value is -0.870. The van der Waals surface area contributed by atoms with Gasteiger partial charge in [0.1, 0.15) is 10.3 Å². The molecule has 0 atom stereocenters. The molecular formula is C14H18BrN3. The lowest BCUT2D eigenvalue weighted by Crippen LogP contribution is -2.29. The Labute approximate surface area is 116 Å². The van der Waals surface area contributed by atoms with Gasteiger partial charge >= 0.3 is 0 Å². The summed E-state index contributed by atoms with van der Waals surface area (Å²) in [4.78, 5) is 6.99. The molecule has 0 radical (unpaired) electrons. The molecule has 4 heteroatoms. The first kappa shape index (κ1) is 12.2. The van der Waals surface area contributed by atoms with Crippen LogP contribution in [-0.4, -0.2) is 34.6 Å². The molecule has 1 saturated heterocycles. The van der Waals surface area contributed by atoms with E-state index in [-0.39, 0.29) is 0 Å². The number of fused-ring (bicyclic) bond motifs is 1. The Balaban J connectivity index is 2.02. The number of nitrogens with zero attached hydrogens (tertiary/aromatic N) is 3. The molecule has 0 bridgehead atoms. The topological polar surface area (TPSA) is 21.1 Å². The lowest BCUT2D eigenvalue weighted by atomic mass is 9.90. The number of hydrogen-bond donors (Lipinski definition) is 0. The van der Waals surface area contributed by atoms with Gasteiger partial charge in [-0.05, 0) is 72.5 Å². The van der Waals surface area contributed by atoms with E-state index in [1.54, 1.807) is 0 Å². The van der Waals surface area contributed by atoms with Crippen LogP contribution in [0.3, 0.4) is 0 Å². The van der Waals surface area contributed by atoms with Crippen molar-refractivity contribution in [2.24, 2.45) is 7.05 Å². The molecule has 1 aliphatic rings. The second kappa shape index (κ2) is 4.67. The summed E-state index contributed by atoms with van der Waals surface area (Å²) in [6.07, 6.45) is 4.78. The monoisotopic (exact) mass is 307 g/mol. The Morgan fingerprint density at radius 2 is 1.94 bits per heavy atom. The van der Waals surface area contributed by atoms with Crippen molar-refractivity contribution in [2.75, 3.05) is 20.1 Å². The lowest BCUT2D eigenvalue weighted by Gasteiger charge is -2.28. The van der Waals surface area contributed by atoms with Crippen molar-refractivity contribution in [3.05, 3.63) is 28.5 Å². The van der Waals surface area contributed by atoms with E-state index in [1.165, 1.54) is 36.9 Å². The third kappa shape index (κ3) is 2.08. The van der Waals surface area contributed by atoms with E-state index in [0.717, 1.165) is 10.3 Å². The predicted molar refractivity (Wildman–Crippen MR) is 77.9 cm³/mol. The van der Waals surface area contributed by atoms with Crippen molar-refractivity contribution in [1.29, 1.82) is 0 Å². The van der Waals surface area contributed by atoms with Crippen LogP contribution in [0, 0.1) is 0 Å².